The van der Waals surface area contributed by atoms with Gasteiger partial charge in [-0.3, -0.25) is 0 Å². The monoisotopic (exact) mass is 435 g/mol. The summed E-state index contributed by atoms with van der Waals surface area (Å²) >= 11 is 0. The lowest BCUT2D eigenvalue weighted by atomic mass is 10.1. The number of benzene rings is 1. The number of hydrogen-bond acceptors (Lipinski definition) is 4. The van der Waals surface area contributed by atoms with Crippen molar-refractivity contribution in [2.45, 2.75) is 39.2 Å². The summed E-state index contributed by atoms with van der Waals surface area (Å²) in [4.78, 5) is 11.3. The molecule has 2 N–H and O–H groups in total. The van der Waals surface area contributed by atoms with Crippen LogP contribution in [0.1, 0.15) is 30.5 Å². The first-order valence-corrected chi connectivity index (χ1v) is 10.3. The van der Waals surface area contributed by atoms with Gasteiger partial charge in [-0.05, 0) is 43.2 Å². The third kappa shape index (κ3) is 6.85. The fourth-order valence-electron chi connectivity index (χ4n) is 3.23. The zero-order valence-electron chi connectivity index (χ0n) is 17.7. The van der Waals surface area contributed by atoms with E-state index >= 15 is 0 Å². The Labute approximate surface area is 180 Å². The van der Waals surface area contributed by atoms with Crippen LogP contribution in [0.5, 0.6) is 0 Å². The molecule has 1 aromatic heterocycles. The van der Waals surface area contributed by atoms with Crippen molar-refractivity contribution in [1.82, 2.24) is 15.6 Å². The molecule has 0 spiro atoms. The molecular weight excluding hydrogens is 407 g/mol. The molecule has 3 rings (SSSR count). The summed E-state index contributed by atoms with van der Waals surface area (Å²) in [7, 11) is 0. The van der Waals surface area contributed by atoms with E-state index in [0.717, 1.165) is 42.2 Å². The predicted molar refractivity (Wildman–Crippen MR) is 115 cm³/mol. The maximum Gasteiger partial charge on any atom is 0.416 e. The summed E-state index contributed by atoms with van der Waals surface area (Å²) in [6.07, 6.45) is -2.32. The summed E-state index contributed by atoms with van der Waals surface area (Å²) in [5.74, 6) is 1.52. The highest BCUT2D eigenvalue weighted by Crippen LogP contribution is 2.29. The van der Waals surface area contributed by atoms with Crippen LogP contribution in [-0.4, -0.2) is 43.3 Å². The van der Waals surface area contributed by atoms with Crippen LogP contribution in [0.3, 0.4) is 0 Å². The molecule has 1 aromatic carbocycles. The van der Waals surface area contributed by atoms with Crippen LogP contribution in [0.2, 0.25) is 0 Å². The minimum Gasteiger partial charge on any atom is -0.375 e. The molecular formula is C22H28F3N5O. The fourth-order valence-corrected chi connectivity index (χ4v) is 3.23. The van der Waals surface area contributed by atoms with Crippen LogP contribution in [0.25, 0.3) is 0 Å². The Kier molecular flexibility index (Phi) is 7.73. The number of alkyl halides is 3. The third-order valence-corrected chi connectivity index (χ3v) is 4.88. The van der Waals surface area contributed by atoms with Crippen LogP contribution in [-0.2, 0) is 24.0 Å². The van der Waals surface area contributed by atoms with Gasteiger partial charge in [-0.15, -0.1) is 0 Å². The quantitative estimate of drug-likeness (QED) is 0.537. The highest BCUT2D eigenvalue weighted by atomic mass is 19.4. The first-order chi connectivity index (χ1) is 14.8. The summed E-state index contributed by atoms with van der Waals surface area (Å²) in [5, 5.41) is 6.29. The molecule has 31 heavy (non-hydrogen) atoms. The Morgan fingerprint density at radius 1 is 1.16 bits per heavy atom. The van der Waals surface area contributed by atoms with E-state index in [0.29, 0.717) is 32.2 Å². The van der Waals surface area contributed by atoms with Gasteiger partial charge in [-0.25, -0.2) is 9.98 Å². The molecule has 1 atom stereocenters. The highest BCUT2D eigenvalue weighted by Gasteiger charge is 2.29. The number of hydrogen-bond donors (Lipinski definition) is 2. The lowest BCUT2D eigenvalue weighted by Gasteiger charge is -2.32. The second-order valence-corrected chi connectivity index (χ2v) is 7.40. The summed E-state index contributed by atoms with van der Waals surface area (Å²) in [5.41, 5.74) is 1.06. The lowest BCUT2D eigenvalue weighted by Crippen LogP contribution is -2.41. The number of nitrogens with one attached hydrogen (secondary N) is 2. The van der Waals surface area contributed by atoms with Gasteiger partial charge in [0.1, 0.15) is 5.82 Å². The Hall–Kier alpha value is -2.81. The fraction of sp³-hybridized carbons (Fsp3) is 0.455. The van der Waals surface area contributed by atoms with Crippen molar-refractivity contribution in [2.75, 3.05) is 31.1 Å². The number of aliphatic imine (C=N–C) groups is 1. The molecule has 1 fully saturated rings. The minimum absolute atomic E-state index is 0.193. The van der Waals surface area contributed by atoms with Gasteiger partial charge in [0.25, 0.3) is 0 Å². The smallest absolute Gasteiger partial charge is 0.375 e. The molecule has 0 radical (unpaired) electrons. The molecule has 1 unspecified atom stereocenters. The number of nitrogens with zero attached hydrogens (tertiary/aromatic N) is 3. The van der Waals surface area contributed by atoms with Crippen LogP contribution < -0.4 is 15.5 Å². The van der Waals surface area contributed by atoms with E-state index in [1.165, 1.54) is 12.1 Å². The molecule has 1 aliphatic heterocycles. The molecule has 0 saturated carbocycles. The van der Waals surface area contributed by atoms with Crippen molar-refractivity contribution in [1.29, 1.82) is 0 Å². The second kappa shape index (κ2) is 10.5. The van der Waals surface area contributed by atoms with Gasteiger partial charge >= 0.3 is 6.18 Å². The number of morpholine rings is 1. The Morgan fingerprint density at radius 2 is 1.90 bits per heavy atom. The summed E-state index contributed by atoms with van der Waals surface area (Å²) < 4.78 is 43.6. The number of guanidine groups is 1. The normalized spacial score (nSPS) is 17.5. The van der Waals surface area contributed by atoms with Crippen LogP contribution in [0.15, 0.2) is 47.6 Å². The Balaban J connectivity index is 1.56. The van der Waals surface area contributed by atoms with Crippen LogP contribution >= 0.6 is 0 Å². The van der Waals surface area contributed by atoms with Gasteiger partial charge in [0, 0.05) is 32.4 Å². The SMILES string of the molecule is CCNC(=NCc1ccc(N2CCOC(C)C2)nc1)NCc1ccc(C(F)(F)F)cc1. The zero-order chi connectivity index (χ0) is 22.3. The summed E-state index contributed by atoms with van der Waals surface area (Å²) in [6, 6.07) is 9.10. The van der Waals surface area contributed by atoms with E-state index < -0.39 is 11.7 Å². The van der Waals surface area contributed by atoms with Crippen molar-refractivity contribution in [3.05, 3.63) is 59.3 Å². The van der Waals surface area contributed by atoms with E-state index in [1.54, 1.807) is 0 Å². The van der Waals surface area contributed by atoms with Gasteiger partial charge in [-0.2, -0.15) is 13.2 Å². The average Bonchev–Trinajstić information content (AvgIpc) is 2.76. The van der Waals surface area contributed by atoms with Gasteiger partial charge in [0.05, 0.1) is 24.8 Å². The minimum atomic E-state index is -4.33. The van der Waals surface area contributed by atoms with E-state index in [9.17, 15) is 13.2 Å². The van der Waals surface area contributed by atoms with Crippen LogP contribution in [0, 0.1) is 0 Å². The number of ether oxygens (including phenoxy) is 1. The molecule has 6 nitrogen and oxygen atoms in total. The largest absolute Gasteiger partial charge is 0.416 e. The predicted octanol–water partition coefficient (Wildman–Crippen LogP) is 3.58. The number of pyridine rings is 1. The Bertz CT molecular complexity index is 853. The van der Waals surface area contributed by atoms with Gasteiger partial charge in [-0.1, -0.05) is 18.2 Å². The van der Waals surface area contributed by atoms with Crippen molar-refractivity contribution < 1.29 is 17.9 Å². The van der Waals surface area contributed by atoms with E-state index in [-0.39, 0.29) is 6.10 Å². The Morgan fingerprint density at radius 3 is 2.52 bits per heavy atom. The molecule has 0 bridgehead atoms. The number of rotatable bonds is 6. The van der Waals surface area contributed by atoms with E-state index in [1.807, 2.05) is 25.3 Å². The van der Waals surface area contributed by atoms with Crippen LogP contribution in [0.4, 0.5) is 19.0 Å². The third-order valence-electron chi connectivity index (χ3n) is 4.88. The standard InChI is InChI=1S/C22H28F3N5O/c1-3-26-21(28-12-17-4-7-19(8-5-17)22(23,24)25)29-14-18-6-9-20(27-13-18)30-10-11-31-16(2)15-30/h4-9,13,16H,3,10-12,14-15H2,1-2H3,(H2,26,28,29). The topological polar surface area (TPSA) is 61.8 Å². The molecule has 9 heteroatoms. The maximum absolute atomic E-state index is 12.7. The first kappa shape index (κ1) is 22.9. The maximum atomic E-state index is 12.7. The number of halogens is 3. The van der Waals surface area contributed by atoms with Gasteiger partial charge in [0.2, 0.25) is 0 Å². The zero-order valence-corrected chi connectivity index (χ0v) is 17.7. The lowest BCUT2D eigenvalue weighted by molar-refractivity contribution is -0.137. The van der Waals surface area contributed by atoms with Crippen molar-refractivity contribution in [3.63, 3.8) is 0 Å². The molecule has 168 valence electrons. The van der Waals surface area contributed by atoms with Crippen molar-refractivity contribution in [2.24, 2.45) is 4.99 Å². The molecule has 0 aliphatic carbocycles. The second-order valence-electron chi connectivity index (χ2n) is 7.40. The average molecular weight is 435 g/mol. The van der Waals surface area contributed by atoms with Gasteiger partial charge in [0.15, 0.2) is 5.96 Å². The van der Waals surface area contributed by atoms with Crippen molar-refractivity contribution in [3.8, 4) is 0 Å². The van der Waals surface area contributed by atoms with E-state index in [2.05, 4.69) is 32.4 Å². The molecule has 2 heterocycles. The van der Waals surface area contributed by atoms with Gasteiger partial charge < -0.3 is 20.3 Å². The first-order valence-electron chi connectivity index (χ1n) is 10.3. The van der Waals surface area contributed by atoms with E-state index in [4.69, 9.17) is 4.74 Å². The molecule has 2 aromatic rings. The number of aromatic nitrogens is 1. The van der Waals surface area contributed by atoms with Crippen molar-refractivity contribution >= 4 is 11.8 Å². The highest BCUT2D eigenvalue weighted by molar-refractivity contribution is 5.79. The molecule has 0 amide bonds. The number of anilines is 1. The molecule has 1 aliphatic rings. The molecule has 1 saturated heterocycles. The summed E-state index contributed by atoms with van der Waals surface area (Å²) in [6.45, 7) is 7.84.